The van der Waals surface area contributed by atoms with Crippen LogP contribution in [0, 0.1) is 12.8 Å². The second-order valence-corrected chi connectivity index (χ2v) is 7.89. The number of aryl methyl sites for hydroxylation is 1. The van der Waals surface area contributed by atoms with Crippen molar-refractivity contribution in [1.82, 2.24) is 14.9 Å². The summed E-state index contributed by atoms with van der Waals surface area (Å²) in [6.45, 7) is 7.85. The Bertz CT molecular complexity index is 995. The van der Waals surface area contributed by atoms with E-state index in [9.17, 15) is 4.79 Å². The van der Waals surface area contributed by atoms with Gasteiger partial charge in [-0.3, -0.25) is 4.79 Å². The van der Waals surface area contributed by atoms with Crippen molar-refractivity contribution in [3.63, 3.8) is 0 Å². The number of carbonyl (C=O) groups is 1. The van der Waals surface area contributed by atoms with Gasteiger partial charge in [-0.15, -0.1) is 0 Å². The van der Waals surface area contributed by atoms with Crippen LogP contribution in [0.1, 0.15) is 38.1 Å². The second-order valence-electron chi connectivity index (χ2n) is 7.48. The lowest BCUT2D eigenvalue weighted by Crippen LogP contribution is -2.32. The molecule has 3 rings (SSSR count). The highest BCUT2D eigenvalue weighted by atomic mass is 35.5. The quantitative estimate of drug-likeness (QED) is 0.485. The Morgan fingerprint density at radius 3 is 2.70 bits per heavy atom. The zero-order chi connectivity index (χ0) is 21.5. The molecular formula is C24H30ClN3O2. The van der Waals surface area contributed by atoms with Gasteiger partial charge in [-0.05, 0) is 55.7 Å². The summed E-state index contributed by atoms with van der Waals surface area (Å²) in [5.74, 6) is 1.97. The van der Waals surface area contributed by atoms with Crippen LogP contribution in [0.4, 0.5) is 0 Å². The molecule has 5 nitrogen and oxygen atoms in total. The van der Waals surface area contributed by atoms with Crippen LogP contribution in [0.5, 0.6) is 5.75 Å². The molecule has 1 heterocycles. The summed E-state index contributed by atoms with van der Waals surface area (Å²) < 4.78 is 8.13. The number of hydrogen-bond acceptors (Lipinski definition) is 3. The minimum atomic E-state index is 0.0834. The topological polar surface area (TPSA) is 56.2 Å². The van der Waals surface area contributed by atoms with Gasteiger partial charge < -0.3 is 14.6 Å². The van der Waals surface area contributed by atoms with Crippen LogP contribution in [-0.4, -0.2) is 28.6 Å². The standard InChI is InChI=1S/C24H30ClN3O2/c1-4-18(5-2)24(29)26-13-12-23-27-21-8-6-7-9-22(21)28(23)14-15-30-19-10-11-20(25)17(3)16-19/h6-11,16,18H,4-5,12-15H2,1-3H3,(H,26,29). The largest absolute Gasteiger partial charge is 0.492 e. The van der Waals surface area contributed by atoms with Crippen molar-refractivity contribution in [3.8, 4) is 5.75 Å². The number of nitrogens with one attached hydrogen (secondary N) is 1. The molecule has 6 heteroatoms. The Labute approximate surface area is 183 Å². The van der Waals surface area contributed by atoms with Crippen LogP contribution in [-0.2, 0) is 17.8 Å². The summed E-state index contributed by atoms with van der Waals surface area (Å²) in [4.78, 5) is 17.0. The average molecular weight is 428 g/mol. The number of ether oxygens (including phenoxy) is 1. The number of fused-ring (bicyclic) bond motifs is 1. The summed E-state index contributed by atoms with van der Waals surface area (Å²) in [5, 5.41) is 3.80. The Kier molecular flexibility index (Phi) is 7.75. The molecule has 160 valence electrons. The van der Waals surface area contributed by atoms with Gasteiger partial charge in [0.15, 0.2) is 0 Å². The van der Waals surface area contributed by atoms with E-state index in [1.54, 1.807) is 0 Å². The first-order chi connectivity index (χ1) is 14.5. The predicted molar refractivity (Wildman–Crippen MR) is 122 cm³/mol. The molecule has 30 heavy (non-hydrogen) atoms. The van der Waals surface area contributed by atoms with E-state index in [-0.39, 0.29) is 11.8 Å². The van der Waals surface area contributed by atoms with Crippen LogP contribution in [0.15, 0.2) is 42.5 Å². The van der Waals surface area contributed by atoms with Gasteiger partial charge in [0.1, 0.15) is 18.2 Å². The molecule has 0 saturated carbocycles. The lowest BCUT2D eigenvalue weighted by molar-refractivity contribution is -0.125. The van der Waals surface area contributed by atoms with Gasteiger partial charge in [0.05, 0.1) is 17.6 Å². The van der Waals surface area contributed by atoms with Crippen molar-refractivity contribution in [1.29, 1.82) is 0 Å². The molecule has 0 aliphatic rings. The van der Waals surface area contributed by atoms with Gasteiger partial charge in [0.25, 0.3) is 0 Å². The Morgan fingerprint density at radius 1 is 1.20 bits per heavy atom. The van der Waals surface area contributed by atoms with Crippen molar-refractivity contribution in [2.45, 2.75) is 46.6 Å². The van der Waals surface area contributed by atoms with Crippen molar-refractivity contribution in [3.05, 3.63) is 58.9 Å². The highest BCUT2D eigenvalue weighted by Gasteiger charge is 2.15. The second kappa shape index (κ2) is 10.5. The molecule has 0 spiro atoms. The molecule has 0 fully saturated rings. The summed E-state index contributed by atoms with van der Waals surface area (Å²) >= 11 is 6.09. The minimum Gasteiger partial charge on any atom is -0.492 e. The zero-order valence-corrected chi connectivity index (χ0v) is 18.7. The number of imidazole rings is 1. The van der Waals surface area contributed by atoms with Crippen LogP contribution in [0.2, 0.25) is 5.02 Å². The molecule has 1 aromatic heterocycles. The first-order valence-electron chi connectivity index (χ1n) is 10.6. The van der Waals surface area contributed by atoms with E-state index in [0.29, 0.717) is 26.1 Å². The maximum absolute atomic E-state index is 12.3. The fourth-order valence-corrected chi connectivity index (χ4v) is 3.75. The number of nitrogens with zero attached hydrogens (tertiary/aromatic N) is 2. The lowest BCUT2D eigenvalue weighted by Gasteiger charge is -2.14. The van der Waals surface area contributed by atoms with Gasteiger partial charge >= 0.3 is 0 Å². The van der Waals surface area contributed by atoms with Crippen molar-refractivity contribution >= 4 is 28.5 Å². The number of para-hydroxylation sites is 2. The third-order valence-electron chi connectivity index (χ3n) is 5.45. The Balaban J connectivity index is 1.67. The first kappa shape index (κ1) is 22.2. The van der Waals surface area contributed by atoms with Crippen LogP contribution in [0.25, 0.3) is 11.0 Å². The number of carbonyl (C=O) groups excluding carboxylic acids is 1. The number of halogens is 1. The molecule has 0 bridgehead atoms. The van der Waals surface area contributed by atoms with E-state index in [2.05, 4.69) is 29.8 Å². The highest BCUT2D eigenvalue weighted by Crippen LogP contribution is 2.21. The summed E-state index contributed by atoms with van der Waals surface area (Å²) in [6, 6.07) is 13.8. The Hall–Kier alpha value is -2.53. The number of hydrogen-bond donors (Lipinski definition) is 1. The molecule has 0 saturated heterocycles. The van der Waals surface area contributed by atoms with Gasteiger partial charge in [0.2, 0.25) is 5.91 Å². The highest BCUT2D eigenvalue weighted by molar-refractivity contribution is 6.31. The molecule has 3 aromatic rings. The zero-order valence-electron chi connectivity index (χ0n) is 18.0. The van der Waals surface area contributed by atoms with Crippen LogP contribution >= 0.6 is 11.6 Å². The average Bonchev–Trinajstić information content (AvgIpc) is 3.09. The fourth-order valence-electron chi connectivity index (χ4n) is 3.63. The number of benzene rings is 2. The van der Waals surface area contributed by atoms with E-state index >= 15 is 0 Å². The molecule has 1 N–H and O–H groups in total. The van der Waals surface area contributed by atoms with Gasteiger partial charge in [-0.25, -0.2) is 4.98 Å². The van der Waals surface area contributed by atoms with Gasteiger partial charge in [0, 0.05) is 23.9 Å². The van der Waals surface area contributed by atoms with Crippen LogP contribution in [0.3, 0.4) is 0 Å². The summed E-state index contributed by atoms with van der Waals surface area (Å²) in [6.07, 6.45) is 2.41. The number of rotatable bonds is 10. The molecule has 1 amide bonds. The molecule has 0 aliphatic heterocycles. The van der Waals surface area contributed by atoms with E-state index in [1.807, 2.05) is 43.3 Å². The first-order valence-corrected chi connectivity index (χ1v) is 11.0. The minimum absolute atomic E-state index is 0.0834. The van der Waals surface area contributed by atoms with Gasteiger partial charge in [-0.1, -0.05) is 37.6 Å². The summed E-state index contributed by atoms with van der Waals surface area (Å²) in [7, 11) is 0. The van der Waals surface area contributed by atoms with Crippen molar-refractivity contribution in [2.75, 3.05) is 13.2 Å². The number of aromatic nitrogens is 2. The number of amides is 1. The van der Waals surface area contributed by atoms with E-state index in [4.69, 9.17) is 21.3 Å². The van der Waals surface area contributed by atoms with Gasteiger partial charge in [-0.2, -0.15) is 0 Å². The maximum Gasteiger partial charge on any atom is 0.223 e. The predicted octanol–water partition coefficient (Wildman–Crippen LogP) is 5.17. The maximum atomic E-state index is 12.3. The van der Waals surface area contributed by atoms with Crippen molar-refractivity contribution in [2.24, 2.45) is 5.92 Å². The SMILES string of the molecule is CCC(CC)C(=O)NCCc1nc2ccccc2n1CCOc1ccc(Cl)c(C)c1. The lowest BCUT2D eigenvalue weighted by atomic mass is 10.0. The molecule has 0 radical (unpaired) electrons. The fraction of sp³-hybridized carbons (Fsp3) is 0.417. The molecule has 2 aromatic carbocycles. The monoisotopic (exact) mass is 427 g/mol. The summed E-state index contributed by atoms with van der Waals surface area (Å²) in [5.41, 5.74) is 3.03. The van der Waals surface area contributed by atoms with E-state index in [1.165, 1.54) is 0 Å². The molecule has 0 unspecified atom stereocenters. The van der Waals surface area contributed by atoms with Crippen LogP contribution < -0.4 is 10.1 Å². The third kappa shape index (κ3) is 5.33. The van der Waals surface area contributed by atoms with E-state index in [0.717, 1.165) is 46.0 Å². The molecule has 0 aliphatic carbocycles. The third-order valence-corrected chi connectivity index (χ3v) is 5.87. The molecule has 0 atom stereocenters. The molecular weight excluding hydrogens is 398 g/mol. The smallest absolute Gasteiger partial charge is 0.223 e. The van der Waals surface area contributed by atoms with Crippen molar-refractivity contribution < 1.29 is 9.53 Å². The Morgan fingerprint density at radius 2 is 1.97 bits per heavy atom. The van der Waals surface area contributed by atoms with E-state index < -0.39 is 0 Å². The normalized spacial score (nSPS) is 11.2.